The minimum atomic E-state index is -1.02. The third kappa shape index (κ3) is 4.03. The number of rotatable bonds is 5. The van der Waals surface area contributed by atoms with E-state index in [1.807, 2.05) is 5.38 Å². The highest BCUT2D eigenvalue weighted by Crippen LogP contribution is 2.08. The lowest BCUT2D eigenvalue weighted by Gasteiger charge is -2.04. The van der Waals surface area contributed by atoms with Crippen LogP contribution in [0.3, 0.4) is 0 Å². The Morgan fingerprint density at radius 2 is 2.25 bits per heavy atom. The molecule has 1 amide bonds. The van der Waals surface area contributed by atoms with Crippen LogP contribution in [0.5, 0.6) is 0 Å². The van der Waals surface area contributed by atoms with Crippen molar-refractivity contribution in [3.05, 3.63) is 58.1 Å². The Hall–Kier alpha value is -2.47. The average Bonchev–Trinajstić information content (AvgIpc) is 2.96. The summed E-state index contributed by atoms with van der Waals surface area (Å²) in [4.78, 5) is 26.5. The van der Waals surface area contributed by atoms with Crippen LogP contribution in [0.1, 0.15) is 20.9 Å². The van der Waals surface area contributed by atoms with Gasteiger partial charge < -0.3 is 10.4 Å². The molecule has 0 fully saturated rings. The first kappa shape index (κ1) is 14.0. The van der Waals surface area contributed by atoms with Crippen LogP contribution in [0.4, 0.5) is 0 Å². The number of amides is 1. The molecule has 0 saturated carbocycles. The summed E-state index contributed by atoms with van der Waals surface area (Å²) in [6.07, 6.45) is 4.16. The summed E-state index contributed by atoms with van der Waals surface area (Å²) in [6.45, 7) is 0.381. The van der Waals surface area contributed by atoms with Crippen molar-refractivity contribution in [3.63, 3.8) is 0 Å². The fraction of sp³-hybridized carbons (Fsp3) is 0.0714. The van der Waals surface area contributed by atoms with Crippen LogP contribution in [0.15, 0.2) is 41.9 Å². The molecule has 102 valence electrons. The minimum absolute atomic E-state index is 0.217. The zero-order valence-corrected chi connectivity index (χ0v) is 11.3. The van der Waals surface area contributed by atoms with Crippen molar-refractivity contribution in [3.8, 4) is 0 Å². The predicted octanol–water partition coefficient (Wildman–Crippen LogP) is 2.17. The number of benzene rings is 1. The average molecular weight is 288 g/mol. The van der Waals surface area contributed by atoms with Crippen LogP contribution in [-0.4, -0.2) is 22.0 Å². The van der Waals surface area contributed by atoms with Gasteiger partial charge in [-0.05, 0) is 23.8 Å². The number of carbonyl (C=O) groups excluding carboxylic acids is 1. The van der Waals surface area contributed by atoms with Gasteiger partial charge in [-0.1, -0.05) is 12.1 Å². The number of aliphatic carboxylic acids is 1. The topological polar surface area (TPSA) is 79.3 Å². The van der Waals surface area contributed by atoms with E-state index in [4.69, 9.17) is 5.11 Å². The maximum atomic E-state index is 12.0. The summed E-state index contributed by atoms with van der Waals surface area (Å²) in [5, 5.41) is 14.0. The zero-order valence-electron chi connectivity index (χ0n) is 10.4. The lowest BCUT2D eigenvalue weighted by atomic mass is 10.1. The zero-order chi connectivity index (χ0) is 14.4. The van der Waals surface area contributed by atoms with E-state index in [0.717, 1.165) is 11.1 Å². The number of hydrogen-bond donors (Lipinski definition) is 2. The summed E-state index contributed by atoms with van der Waals surface area (Å²) >= 11 is 1.47. The van der Waals surface area contributed by atoms with Gasteiger partial charge in [-0.2, -0.15) is 0 Å². The van der Waals surface area contributed by atoms with Crippen molar-refractivity contribution in [2.75, 3.05) is 0 Å². The minimum Gasteiger partial charge on any atom is -0.478 e. The van der Waals surface area contributed by atoms with Gasteiger partial charge in [0.25, 0.3) is 5.91 Å². The summed E-state index contributed by atoms with van der Waals surface area (Å²) in [5.41, 5.74) is 1.14. The second kappa shape index (κ2) is 6.63. The maximum absolute atomic E-state index is 12.0. The lowest BCUT2D eigenvalue weighted by Crippen LogP contribution is -2.22. The highest BCUT2D eigenvalue weighted by molar-refractivity contribution is 7.09. The van der Waals surface area contributed by atoms with Crippen molar-refractivity contribution in [2.45, 2.75) is 6.54 Å². The molecule has 6 heteroatoms. The van der Waals surface area contributed by atoms with E-state index in [2.05, 4.69) is 10.3 Å². The SMILES string of the molecule is O=C(O)C=Cc1cccc(C(=O)NCc2nccs2)c1. The predicted molar refractivity (Wildman–Crippen MR) is 76.4 cm³/mol. The molecule has 0 spiro atoms. The van der Waals surface area contributed by atoms with E-state index in [-0.39, 0.29) is 5.91 Å². The third-order valence-electron chi connectivity index (χ3n) is 2.45. The fourth-order valence-electron chi connectivity index (χ4n) is 1.55. The molecule has 0 aliphatic rings. The normalized spacial score (nSPS) is 10.6. The van der Waals surface area contributed by atoms with Crippen molar-refractivity contribution in [1.29, 1.82) is 0 Å². The molecule has 1 aromatic heterocycles. The molecule has 0 aliphatic heterocycles. The first-order chi connectivity index (χ1) is 9.65. The number of nitrogens with one attached hydrogen (secondary N) is 1. The molecular formula is C14H12N2O3S. The number of hydrogen-bond acceptors (Lipinski definition) is 4. The molecular weight excluding hydrogens is 276 g/mol. The Morgan fingerprint density at radius 3 is 2.95 bits per heavy atom. The fourth-order valence-corrected chi connectivity index (χ4v) is 2.11. The monoisotopic (exact) mass is 288 g/mol. The van der Waals surface area contributed by atoms with Crippen molar-refractivity contribution < 1.29 is 14.7 Å². The Balaban J connectivity index is 2.02. The van der Waals surface area contributed by atoms with Crippen LogP contribution >= 0.6 is 11.3 Å². The molecule has 5 nitrogen and oxygen atoms in total. The van der Waals surface area contributed by atoms with Crippen LogP contribution in [0, 0.1) is 0 Å². The van der Waals surface area contributed by atoms with Gasteiger partial charge in [0.15, 0.2) is 0 Å². The van der Waals surface area contributed by atoms with Gasteiger partial charge in [0.05, 0.1) is 6.54 Å². The molecule has 0 aliphatic carbocycles. The van der Waals surface area contributed by atoms with Crippen LogP contribution in [0.25, 0.3) is 6.08 Å². The summed E-state index contributed by atoms with van der Waals surface area (Å²) in [5.74, 6) is -1.24. The quantitative estimate of drug-likeness (QED) is 0.826. The van der Waals surface area contributed by atoms with Gasteiger partial charge in [0.2, 0.25) is 0 Å². The van der Waals surface area contributed by atoms with E-state index < -0.39 is 5.97 Å². The molecule has 2 rings (SSSR count). The smallest absolute Gasteiger partial charge is 0.328 e. The summed E-state index contributed by atoms with van der Waals surface area (Å²) in [7, 11) is 0. The number of aromatic nitrogens is 1. The molecule has 1 aromatic carbocycles. The number of carboxylic acid groups (broad SMARTS) is 1. The van der Waals surface area contributed by atoms with E-state index >= 15 is 0 Å². The van der Waals surface area contributed by atoms with Crippen molar-refractivity contribution in [2.24, 2.45) is 0 Å². The largest absolute Gasteiger partial charge is 0.478 e. The van der Waals surface area contributed by atoms with Gasteiger partial charge in [-0.3, -0.25) is 4.79 Å². The molecule has 1 heterocycles. The second-order valence-corrected chi connectivity index (χ2v) is 4.88. The van der Waals surface area contributed by atoms with Gasteiger partial charge in [-0.25, -0.2) is 9.78 Å². The third-order valence-corrected chi connectivity index (χ3v) is 3.23. The second-order valence-electron chi connectivity index (χ2n) is 3.91. The number of carbonyl (C=O) groups is 2. The van der Waals surface area contributed by atoms with Crippen LogP contribution < -0.4 is 5.32 Å². The van der Waals surface area contributed by atoms with E-state index in [1.54, 1.807) is 30.5 Å². The standard InChI is InChI=1S/C14H12N2O3S/c17-13(18)5-4-10-2-1-3-11(8-10)14(19)16-9-12-15-6-7-20-12/h1-8H,9H2,(H,16,19)(H,17,18). The van der Waals surface area contributed by atoms with E-state index in [1.165, 1.54) is 17.4 Å². The molecule has 20 heavy (non-hydrogen) atoms. The number of carboxylic acids is 1. The first-order valence-electron chi connectivity index (χ1n) is 5.83. The van der Waals surface area contributed by atoms with E-state index in [0.29, 0.717) is 17.7 Å². The molecule has 0 bridgehead atoms. The van der Waals surface area contributed by atoms with Crippen LogP contribution in [-0.2, 0) is 11.3 Å². The first-order valence-corrected chi connectivity index (χ1v) is 6.71. The molecule has 2 N–H and O–H groups in total. The lowest BCUT2D eigenvalue weighted by molar-refractivity contribution is -0.131. The highest BCUT2D eigenvalue weighted by atomic mass is 32.1. The molecule has 2 aromatic rings. The Labute approximate surface area is 119 Å². The van der Waals surface area contributed by atoms with Gasteiger partial charge in [0.1, 0.15) is 5.01 Å². The van der Waals surface area contributed by atoms with Crippen molar-refractivity contribution >= 4 is 29.3 Å². The van der Waals surface area contributed by atoms with Gasteiger partial charge >= 0.3 is 5.97 Å². The maximum Gasteiger partial charge on any atom is 0.328 e. The Morgan fingerprint density at radius 1 is 1.40 bits per heavy atom. The Kier molecular flexibility index (Phi) is 4.62. The molecule has 0 unspecified atom stereocenters. The number of thiazole rings is 1. The molecule has 0 saturated heterocycles. The summed E-state index contributed by atoms with van der Waals surface area (Å²) in [6, 6.07) is 6.75. The Bertz CT molecular complexity index is 636. The summed E-state index contributed by atoms with van der Waals surface area (Å²) < 4.78 is 0. The number of nitrogens with zero attached hydrogens (tertiary/aromatic N) is 1. The van der Waals surface area contributed by atoms with Crippen molar-refractivity contribution in [1.82, 2.24) is 10.3 Å². The van der Waals surface area contributed by atoms with Crippen LogP contribution in [0.2, 0.25) is 0 Å². The molecule has 0 atom stereocenters. The highest BCUT2D eigenvalue weighted by Gasteiger charge is 2.06. The van der Waals surface area contributed by atoms with E-state index in [9.17, 15) is 9.59 Å². The van der Waals surface area contributed by atoms with Gasteiger partial charge in [-0.15, -0.1) is 11.3 Å². The molecule has 0 radical (unpaired) electrons. The van der Waals surface area contributed by atoms with Gasteiger partial charge in [0, 0.05) is 23.2 Å².